The first-order valence-corrected chi connectivity index (χ1v) is 21.8. The van der Waals surface area contributed by atoms with Crippen LogP contribution in [0.4, 0.5) is 0 Å². The van der Waals surface area contributed by atoms with Gasteiger partial charge in [0, 0.05) is 12.8 Å². The molecule has 3 saturated heterocycles. The van der Waals surface area contributed by atoms with Gasteiger partial charge in [-0.2, -0.15) is 0 Å². The van der Waals surface area contributed by atoms with E-state index in [1.165, 1.54) is 6.92 Å². The van der Waals surface area contributed by atoms with Crippen LogP contribution in [0.5, 0.6) is 0 Å². The van der Waals surface area contributed by atoms with Crippen molar-refractivity contribution in [2.24, 2.45) is 44.8 Å². The average molecular weight is 827 g/mol. The molecule has 332 valence electrons. The van der Waals surface area contributed by atoms with Crippen LogP contribution < -0.4 is 0 Å². The minimum Gasteiger partial charge on any atom is -0.454 e. The first-order valence-electron chi connectivity index (χ1n) is 21.8. The first-order chi connectivity index (χ1) is 26.9. The summed E-state index contributed by atoms with van der Waals surface area (Å²) < 4.78 is 37.8. The van der Waals surface area contributed by atoms with Gasteiger partial charge in [0.2, 0.25) is 0 Å². The molecule has 8 N–H and O–H groups in total. The summed E-state index contributed by atoms with van der Waals surface area (Å²) in [6, 6.07) is 0. The Labute approximate surface area is 341 Å². The van der Waals surface area contributed by atoms with E-state index in [4.69, 9.17) is 28.4 Å². The van der Waals surface area contributed by atoms with Crippen molar-refractivity contribution in [2.45, 2.75) is 204 Å². The van der Waals surface area contributed by atoms with Crippen LogP contribution in [0.1, 0.15) is 113 Å². The zero-order valence-electron chi connectivity index (χ0n) is 35.5. The Bertz CT molecular complexity index is 1570. The van der Waals surface area contributed by atoms with E-state index in [0.717, 1.165) is 32.1 Å². The summed E-state index contributed by atoms with van der Waals surface area (Å²) in [5.41, 5.74) is -3.32. The zero-order chi connectivity index (χ0) is 42.3. The molecule has 8 rings (SSSR count). The number of aliphatic hydroxyl groups is 8. The molecule has 0 bridgehead atoms. The highest BCUT2D eigenvalue weighted by Crippen LogP contribution is 2.89. The van der Waals surface area contributed by atoms with Crippen molar-refractivity contribution >= 4 is 5.97 Å². The van der Waals surface area contributed by atoms with Crippen molar-refractivity contribution in [3.63, 3.8) is 0 Å². The van der Waals surface area contributed by atoms with Crippen molar-refractivity contribution in [3.8, 4) is 0 Å². The van der Waals surface area contributed by atoms with Gasteiger partial charge in [0.1, 0.15) is 36.6 Å². The largest absolute Gasteiger partial charge is 0.454 e. The minimum absolute atomic E-state index is 0.0829. The summed E-state index contributed by atoms with van der Waals surface area (Å²) in [7, 11) is 0. The molecule has 5 saturated carbocycles. The van der Waals surface area contributed by atoms with Gasteiger partial charge in [-0.05, 0) is 117 Å². The Morgan fingerprint density at radius 3 is 2.14 bits per heavy atom. The molecule has 15 nitrogen and oxygen atoms in total. The van der Waals surface area contributed by atoms with E-state index < -0.39 is 103 Å². The van der Waals surface area contributed by atoms with Crippen molar-refractivity contribution in [2.75, 3.05) is 13.2 Å². The molecule has 21 atom stereocenters. The second kappa shape index (κ2) is 14.2. The molecule has 3 aliphatic heterocycles. The third-order valence-electron chi connectivity index (χ3n) is 17.9. The molecule has 0 radical (unpaired) electrons. The SMILES string of the molecule is CC(=O)O[C@H]1[C@H](O[C@H]2CC[C@]34CC35CC[C@]3(C)[C@@H]([C@@]6(C)CC[C@@H](C(C)(C)O)O6)[C@@H](O)C[C@@]3(C)[C@@H]5C[C@H](O[C@@H]3O[C@H](CO)[C@@H](O)[C@H](O)[C@H]3O)[C@H]4C2(C)C)OC[C@@H](O)[C@@H]1O. The van der Waals surface area contributed by atoms with Gasteiger partial charge in [-0.3, -0.25) is 4.79 Å². The number of esters is 1. The summed E-state index contributed by atoms with van der Waals surface area (Å²) in [5.74, 6) is -0.931. The summed E-state index contributed by atoms with van der Waals surface area (Å²) >= 11 is 0. The van der Waals surface area contributed by atoms with E-state index in [9.17, 15) is 45.6 Å². The van der Waals surface area contributed by atoms with Gasteiger partial charge >= 0.3 is 5.97 Å². The quantitative estimate of drug-likeness (QED) is 0.127. The van der Waals surface area contributed by atoms with Gasteiger partial charge in [-0.1, -0.05) is 27.7 Å². The van der Waals surface area contributed by atoms with Crippen molar-refractivity contribution in [3.05, 3.63) is 0 Å². The van der Waals surface area contributed by atoms with Crippen molar-refractivity contribution in [1.29, 1.82) is 0 Å². The van der Waals surface area contributed by atoms with Crippen LogP contribution in [0.2, 0.25) is 0 Å². The zero-order valence-corrected chi connectivity index (χ0v) is 35.5. The molecule has 3 heterocycles. The Morgan fingerprint density at radius 1 is 0.793 bits per heavy atom. The molecular weight excluding hydrogens is 756 g/mol. The highest BCUT2D eigenvalue weighted by atomic mass is 16.7. The van der Waals surface area contributed by atoms with Crippen LogP contribution in [0.25, 0.3) is 0 Å². The Kier molecular flexibility index (Phi) is 10.7. The minimum atomic E-state index is -1.62. The second-order valence-electron chi connectivity index (χ2n) is 21.6. The second-order valence-corrected chi connectivity index (χ2v) is 21.6. The maximum Gasteiger partial charge on any atom is 0.303 e. The molecule has 15 heteroatoms. The van der Waals surface area contributed by atoms with Gasteiger partial charge in [0.15, 0.2) is 18.7 Å². The van der Waals surface area contributed by atoms with E-state index in [1.54, 1.807) is 13.8 Å². The molecular formula is C43H70O15. The van der Waals surface area contributed by atoms with Crippen LogP contribution in [0, 0.1) is 44.8 Å². The molecule has 0 aromatic carbocycles. The van der Waals surface area contributed by atoms with Crippen molar-refractivity contribution in [1.82, 2.24) is 0 Å². The van der Waals surface area contributed by atoms with Crippen LogP contribution in [0.3, 0.4) is 0 Å². The normalized spacial score (nSPS) is 56.1. The predicted molar refractivity (Wildman–Crippen MR) is 203 cm³/mol. The van der Waals surface area contributed by atoms with Crippen molar-refractivity contribution < 1.29 is 74.1 Å². The van der Waals surface area contributed by atoms with Gasteiger partial charge < -0.3 is 69.3 Å². The molecule has 8 aliphatic rings. The molecule has 0 aromatic rings. The molecule has 58 heavy (non-hydrogen) atoms. The Hall–Kier alpha value is -1.05. The van der Waals surface area contributed by atoms with Crippen LogP contribution >= 0.6 is 0 Å². The number of aliphatic hydroxyl groups excluding tert-OH is 7. The fourth-order valence-corrected chi connectivity index (χ4v) is 15.2. The number of ether oxygens (including phenoxy) is 6. The number of hydrogen-bond donors (Lipinski definition) is 8. The lowest BCUT2D eigenvalue weighted by Crippen LogP contribution is -2.65. The number of carbonyl (C=O) groups is 1. The fourth-order valence-electron chi connectivity index (χ4n) is 15.2. The molecule has 2 spiro atoms. The summed E-state index contributed by atoms with van der Waals surface area (Å²) in [6.07, 6.45) is -7.66. The maximum absolute atomic E-state index is 12.2. The monoisotopic (exact) mass is 826 g/mol. The lowest BCUT2D eigenvalue weighted by atomic mass is 9.41. The number of rotatable bonds is 8. The molecule has 1 unspecified atom stereocenters. The summed E-state index contributed by atoms with van der Waals surface area (Å²) in [6.45, 7) is 15.0. The topological polar surface area (TPSA) is 234 Å². The average Bonchev–Trinajstić information content (AvgIpc) is 3.50. The lowest BCUT2D eigenvalue weighted by Gasteiger charge is -2.65. The van der Waals surface area contributed by atoms with Gasteiger partial charge in [-0.15, -0.1) is 0 Å². The summed E-state index contributed by atoms with van der Waals surface area (Å²) in [4.78, 5) is 12.1. The Balaban J connectivity index is 1.15. The third kappa shape index (κ3) is 6.17. The van der Waals surface area contributed by atoms with E-state index in [0.29, 0.717) is 25.7 Å². The van der Waals surface area contributed by atoms with Crippen LogP contribution in [0.15, 0.2) is 0 Å². The molecule has 0 amide bonds. The van der Waals surface area contributed by atoms with E-state index in [-0.39, 0.29) is 52.1 Å². The number of hydrogen-bond acceptors (Lipinski definition) is 15. The van der Waals surface area contributed by atoms with Crippen LogP contribution in [-0.4, -0.2) is 151 Å². The van der Waals surface area contributed by atoms with E-state index >= 15 is 0 Å². The van der Waals surface area contributed by atoms with Gasteiger partial charge in [0.25, 0.3) is 0 Å². The smallest absolute Gasteiger partial charge is 0.303 e. The van der Waals surface area contributed by atoms with Crippen LogP contribution in [-0.2, 0) is 33.2 Å². The maximum atomic E-state index is 12.2. The van der Waals surface area contributed by atoms with E-state index in [1.807, 2.05) is 0 Å². The highest BCUT2D eigenvalue weighted by molar-refractivity contribution is 5.66. The highest BCUT2D eigenvalue weighted by Gasteiger charge is 2.85. The summed E-state index contributed by atoms with van der Waals surface area (Å²) in [5, 5.41) is 87.3. The third-order valence-corrected chi connectivity index (χ3v) is 17.9. The molecule has 5 aliphatic carbocycles. The Morgan fingerprint density at radius 2 is 1.50 bits per heavy atom. The molecule has 0 aromatic heterocycles. The fraction of sp³-hybridized carbons (Fsp3) is 0.977. The predicted octanol–water partition coefficient (Wildman–Crippen LogP) is 1.29. The standard InChI is InChI=1S/C43H70O15/c1-20(45)54-32-28(48)22(47)18-53-36(32)57-26-10-12-43-19-42(43)14-13-39(6)33(41(8)11-9-27(58-41)38(4,5)52)21(46)16-40(39,7)25(42)15-23(34(43)37(26,2)3)55-35-31(51)30(50)29(49)24(17-44)56-35/h21-36,44,46-52H,9-19H2,1-8H3/t21-,22+,23-,24+,25-,26-,27-,28-,29+,30-,31+,32+,33-,34-,35+,36-,39+,40-,41+,42?,43+/m0/s1. The van der Waals surface area contributed by atoms with Gasteiger partial charge in [-0.25, -0.2) is 0 Å². The number of carbonyl (C=O) groups excluding carboxylic acids is 1. The number of fused-ring (bicyclic) bond motifs is 2. The first kappa shape index (κ1) is 43.6. The van der Waals surface area contributed by atoms with Gasteiger partial charge in [0.05, 0.1) is 48.8 Å². The molecule has 8 fully saturated rings. The lowest BCUT2D eigenvalue weighted by molar-refractivity contribution is -0.339. The van der Waals surface area contributed by atoms with E-state index in [2.05, 4.69) is 34.6 Å².